The molecule has 1 aromatic heterocycles. The third kappa shape index (κ3) is 6.30. The van der Waals surface area contributed by atoms with Crippen molar-refractivity contribution in [3.8, 4) is 0 Å². The molecule has 2 heterocycles. The number of anilines is 2. The minimum absolute atomic E-state index is 0. The van der Waals surface area contributed by atoms with Gasteiger partial charge in [0.1, 0.15) is 5.82 Å². The number of benzene rings is 1. The van der Waals surface area contributed by atoms with Crippen molar-refractivity contribution in [2.45, 2.75) is 33.2 Å². The summed E-state index contributed by atoms with van der Waals surface area (Å²) in [5.74, 6) is 1.48. The molecule has 0 aliphatic carbocycles. The van der Waals surface area contributed by atoms with E-state index >= 15 is 0 Å². The predicted octanol–water partition coefficient (Wildman–Crippen LogP) is 3.50. The van der Waals surface area contributed by atoms with Gasteiger partial charge >= 0.3 is 0 Å². The normalized spacial score (nSPS) is 15.1. The van der Waals surface area contributed by atoms with Crippen molar-refractivity contribution in [3.63, 3.8) is 0 Å². The molecule has 0 unspecified atom stereocenters. The molecule has 3 N–H and O–H groups in total. The molecule has 0 atom stereocenters. The average molecular weight is 508 g/mol. The van der Waals surface area contributed by atoms with Crippen LogP contribution in [0.5, 0.6) is 0 Å². The SMILES string of the molecule is CCc1cccc(CC)c1NC(N)=NCc1ccnc(N2CCN(C)CC2)c1.I. The maximum Gasteiger partial charge on any atom is 0.193 e. The number of hydrogen-bond acceptors (Lipinski definition) is 4. The molecule has 2 aromatic rings. The van der Waals surface area contributed by atoms with Crippen molar-refractivity contribution < 1.29 is 0 Å². The molecule has 1 saturated heterocycles. The third-order valence-electron chi connectivity index (χ3n) is 5.32. The molecule has 29 heavy (non-hydrogen) atoms. The van der Waals surface area contributed by atoms with Crippen molar-refractivity contribution in [3.05, 3.63) is 53.2 Å². The van der Waals surface area contributed by atoms with Crippen molar-refractivity contribution >= 4 is 41.4 Å². The van der Waals surface area contributed by atoms with Crippen LogP contribution in [0.15, 0.2) is 41.5 Å². The molecule has 0 spiro atoms. The first kappa shape index (κ1) is 23.4. The van der Waals surface area contributed by atoms with Gasteiger partial charge in [-0.2, -0.15) is 0 Å². The lowest BCUT2D eigenvalue weighted by Gasteiger charge is -2.33. The van der Waals surface area contributed by atoms with Crippen LogP contribution in [-0.2, 0) is 19.4 Å². The number of likely N-dealkylation sites (N-methyl/N-ethyl adjacent to an activating group) is 1. The number of halogens is 1. The van der Waals surface area contributed by atoms with Gasteiger partial charge in [-0.15, -0.1) is 24.0 Å². The molecule has 1 aliphatic rings. The smallest absolute Gasteiger partial charge is 0.193 e. The lowest BCUT2D eigenvalue weighted by molar-refractivity contribution is 0.312. The van der Waals surface area contributed by atoms with Crippen LogP contribution in [-0.4, -0.2) is 49.1 Å². The van der Waals surface area contributed by atoms with Crippen molar-refractivity contribution in [1.82, 2.24) is 9.88 Å². The first-order valence-corrected chi connectivity index (χ1v) is 10.2. The van der Waals surface area contributed by atoms with Crippen LogP contribution < -0.4 is 16.0 Å². The van der Waals surface area contributed by atoms with Crippen LogP contribution >= 0.6 is 24.0 Å². The molecule has 0 amide bonds. The Balaban J connectivity index is 0.00000300. The quantitative estimate of drug-likeness (QED) is 0.355. The van der Waals surface area contributed by atoms with Crippen LogP contribution in [0.3, 0.4) is 0 Å². The highest BCUT2D eigenvalue weighted by Gasteiger charge is 2.15. The topological polar surface area (TPSA) is 69.8 Å². The lowest BCUT2D eigenvalue weighted by Crippen LogP contribution is -2.44. The largest absolute Gasteiger partial charge is 0.370 e. The number of guanidine groups is 1. The molecule has 7 heteroatoms. The maximum absolute atomic E-state index is 6.20. The zero-order valence-corrected chi connectivity index (χ0v) is 20.0. The third-order valence-corrected chi connectivity index (χ3v) is 5.32. The average Bonchev–Trinajstić information content (AvgIpc) is 2.73. The second-order valence-corrected chi connectivity index (χ2v) is 7.30. The van der Waals surface area contributed by atoms with E-state index in [4.69, 9.17) is 5.73 Å². The van der Waals surface area contributed by atoms with E-state index in [0.29, 0.717) is 12.5 Å². The number of aliphatic imine (C=N–C) groups is 1. The number of rotatable bonds is 6. The Morgan fingerprint density at radius 1 is 1.10 bits per heavy atom. The highest BCUT2D eigenvalue weighted by Crippen LogP contribution is 2.22. The van der Waals surface area contributed by atoms with Crippen LogP contribution in [0.25, 0.3) is 0 Å². The molecule has 1 aliphatic heterocycles. The fourth-order valence-corrected chi connectivity index (χ4v) is 3.51. The fourth-order valence-electron chi connectivity index (χ4n) is 3.51. The fraction of sp³-hybridized carbons (Fsp3) is 0.455. The maximum atomic E-state index is 6.20. The summed E-state index contributed by atoms with van der Waals surface area (Å²) in [5.41, 5.74) is 10.9. The monoisotopic (exact) mass is 508 g/mol. The summed E-state index contributed by atoms with van der Waals surface area (Å²) in [7, 11) is 2.16. The first-order valence-electron chi connectivity index (χ1n) is 10.2. The Hall–Kier alpha value is -1.87. The Morgan fingerprint density at radius 2 is 1.76 bits per heavy atom. The summed E-state index contributed by atoms with van der Waals surface area (Å²) >= 11 is 0. The highest BCUT2D eigenvalue weighted by molar-refractivity contribution is 14.0. The number of piperazine rings is 1. The van der Waals surface area contributed by atoms with E-state index in [1.54, 1.807) is 0 Å². The van der Waals surface area contributed by atoms with Gasteiger partial charge < -0.3 is 20.9 Å². The van der Waals surface area contributed by atoms with Gasteiger partial charge in [-0.1, -0.05) is 32.0 Å². The molecule has 3 rings (SSSR count). The predicted molar refractivity (Wildman–Crippen MR) is 134 cm³/mol. The summed E-state index contributed by atoms with van der Waals surface area (Å²) in [5, 5.41) is 3.33. The second kappa shape index (κ2) is 11.3. The Morgan fingerprint density at radius 3 is 2.38 bits per heavy atom. The number of pyridine rings is 1. The lowest BCUT2D eigenvalue weighted by atomic mass is 10.0. The van der Waals surface area contributed by atoms with Crippen LogP contribution in [0, 0.1) is 0 Å². The first-order chi connectivity index (χ1) is 13.6. The summed E-state index contributed by atoms with van der Waals surface area (Å²) < 4.78 is 0. The number of aryl methyl sites for hydroxylation is 2. The second-order valence-electron chi connectivity index (χ2n) is 7.30. The number of hydrogen-bond donors (Lipinski definition) is 2. The van der Waals surface area contributed by atoms with E-state index in [1.165, 1.54) is 11.1 Å². The molecule has 1 aromatic carbocycles. The molecular formula is C22H33IN6. The Bertz CT molecular complexity index is 792. The summed E-state index contributed by atoms with van der Waals surface area (Å²) in [6, 6.07) is 10.5. The van der Waals surface area contributed by atoms with E-state index in [-0.39, 0.29) is 24.0 Å². The number of para-hydroxylation sites is 1. The zero-order chi connectivity index (χ0) is 19.9. The highest BCUT2D eigenvalue weighted by atomic mass is 127. The Labute approximate surface area is 191 Å². The molecule has 6 nitrogen and oxygen atoms in total. The van der Waals surface area contributed by atoms with Crippen LogP contribution in [0.2, 0.25) is 0 Å². The van der Waals surface area contributed by atoms with E-state index in [9.17, 15) is 0 Å². The van der Waals surface area contributed by atoms with Gasteiger partial charge in [0.15, 0.2) is 5.96 Å². The van der Waals surface area contributed by atoms with Crippen molar-refractivity contribution in [2.75, 3.05) is 43.4 Å². The van der Waals surface area contributed by atoms with Crippen molar-refractivity contribution in [2.24, 2.45) is 10.7 Å². The van der Waals surface area contributed by atoms with Gasteiger partial charge in [-0.05, 0) is 48.7 Å². The molecule has 0 saturated carbocycles. The number of aromatic nitrogens is 1. The minimum Gasteiger partial charge on any atom is -0.370 e. The van der Waals surface area contributed by atoms with Gasteiger partial charge in [-0.25, -0.2) is 9.98 Å². The van der Waals surface area contributed by atoms with E-state index in [2.05, 4.69) is 70.3 Å². The molecule has 0 bridgehead atoms. The van der Waals surface area contributed by atoms with E-state index in [0.717, 1.165) is 56.1 Å². The standard InChI is InChI=1S/C22H32N6.HI/c1-4-18-7-6-8-19(5-2)21(18)26-22(23)25-16-17-9-10-24-20(15-17)28-13-11-27(3)12-14-28;/h6-10,15H,4-5,11-14,16H2,1-3H3,(H3,23,25,26);1H. The van der Waals surface area contributed by atoms with Crippen LogP contribution in [0.1, 0.15) is 30.5 Å². The molecule has 1 fully saturated rings. The summed E-state index contributed by atoms with van der Waals surface area (Å²) in [4.78, 5) is 13.8. The number of nitrogens with two attached hydrogens (primary N) is 1. The van der Waals surface area contributed by atoms with Gasteiger partial charge in [0.05, 0.1) is 6.54 Å². The molecular weight excluding hydrogens is 475 g/mol. The van der Waals surface area contributed by atoms with Gasteiger partial charge in [0, 0.05) is 38.1 Å². The van der Waals surface area contributed by atoms with Crippen LogP contribution in [0.4, 0.5) is 11.5 Å². The molecule has 0 radical (unpaired) electrons. The zero-order valence-electron chi connectivity index (χ0n) is 17.7. The van der Waals surface area contributed by atoms with Gasteiger partial charge in [0.25, 0.3) is 0 Å². The van der Waals surface area contributed by atoms with E-state index in [1.807, 2.05) is 12.3 Å². The minimum atomic E-state index is 0. The van der Waals surface area contributed by atoms with E-state index < -0.39 is 0 Å². The Kier molecular flexibility index (Phi) is 9.16. The molecule has 158 valence electrons. The van der Waals surface area contributed by atoms with Gasteiger partial charge in [0.2, 0.25) is 0 Å². The number of nitrogens with one attached hydrogen (secondary N) is 1. The van der Waals surface area contributed by atoms with Gasteiger partial charge in [-0.3, -0.25) is 0 Å². The number of nitrogens with zero attached hydrogens (tertiary/aromatic N) is 4. The summed E-state index contributed by atoms with van der Waals surface area (Å²) in [6.45, 7) is 9.00. The van der Waals surface area contributed by atoms with Crippen molar-refractivity contribution in [1.29, 1.82) is 0 Å². The summed E-state index contributed by atoms with van der Waals surface area (Å²) in [6.07, 6.45) is 3.79.